The third-order valence-electron chi connectivity index (χ3n) is 6.75. The van der Waals surface area contributed by atoms with Gasteiger partial charge in [-0.3, -0.25) is 4.57 Å². The largest absolute Gasteiger partial charge is 0.444 e. The van der Waals surface area contributed by atoms with Crippen LogP contribution >= 0.6 is 0 Å². The molecule has 2 aliphatic rings. The molecule has 4 heterocycles. The van der Waals surface area contributed by atoms with E-state index in [0.717, 1.165) is 28.2 Å². The first kappa shape index (κ1) is 23.3. The molecule has 2 fully saturated rings. The maximum Gasteiger partial charge on any atom is 0.410 e. The lowest BCUT2D eigenvalue weighted by molar-refractivity contribution is 0.0130. The number of anilines is 1. The van der Waals surface area contributed by atoms with Crippen LogP contribution in [0.25, 0.3) is 22.9 Å². The second-order valence-corrected chi connectivity index (χ2v) is 10.8. The number of carbonyl (C=O) groups is 1. The normalized spacial score (nSPS) is 20.8. The van der Waals surface area contributed by atoms with Crippen molar-refractivity contribution in [3.05, 3.63) is 48.6 Å². The van der Waals surface area contributed by atoms with Crippen molar-refractivity contribution in [1.82, 2.24) is 24.4 Å². The van der Waals surface area contributed by atoms with Gasteiger partial charge in [0, 0.05) is 37.6 Å². The monoisotopic (exact) mass is 474 g/mol. The van der Waals surface area contributed by atoms with E-state index >= 15 is 0 Å². The van der Waals surface area contributed by atoms with E-state index in [1.807, 2.05) is 43.9 Å². The number of nitrogens with zero attached hydrogens (tertiary/aromatic N) is 6. The molecule has 0 bridgehead atoms. The summed E-state index contributed by atoms with van der Waals surface area (Å²) < 4.78 is 7.74. The maximum atomic E-state index is 12.8. The highest BCUT2D eigenvalue weighted by Crippen LogP contribution is 2.46. The van der Waals surface area contributed by atoms with Crippen LogP contribution in [-0.2, 0) is 4.74 Å². The fourth-order valence-corrected chi connectivity index (χ4v) is 4.86. The van der Waals surface area contributed by atoms with Crippen LogP contribution in [0.15, 0.2) is 37.4 Å². The van der Waals surface area contributed by atoms with Gasteiger partial charge in [0.15, 0.2) is 5.65 Å². The molecule has 0 radical (unpaired) electrons. The Kier molecular flexibility index (Phi) is 5.77. The van der Waals surface area contributed by atoms with Crippen molar-refractivity contribution in [2.75, 3.05) is 18.0 Å². The van der Waals surface area contributed by atoms with Crippen LogP contribution in [0, 0.1) is 0 Å². The topological polar surface area (TPSA) is 76.4 Å². The minimum atomic E-state index is -0.519. The van der Waals surface area contributed by atoms with E-state index in [1.165, 1.54) is 18.4 Å². The molecule has 184 valence electrons. The first-order valence-electron chi connectivity index (χ1n) is 12.4. The van der Waals surface area contributed by atoms with E-state index in [4.69, 9.17) is 14.7 Å². The standard InChI is InChI=1S/C27H34N6O2/c1-7-19-10-11-28-22(12-19)33-15-21(20-8-9-20)23-24(29-16-30-25(23)33)31-13-18(3)32(14-17(31)2)26(34)35-27(4,5)6/h7,10-12,15-18,20H,1,8-9,13-14H2,2-6H3. The van der Waals surface area contributed by atoms with Crippen LogP contribution in [0.3, 0.4) is 0 Å². The molecule has 3 aromatic heterocycles. The third-order valence-corrected chi connectivity index (χ3v) is 6.75. The fraction of sp³-hybridized carbons (Fsp3) is 0.481. The number of aromatic nitrogens is 4. The zero-order valence-corrected chi connectivity index (χ0v) is 21.2. The number of rotatable bonds is 4. The Labute approximate surface area is 206 Å². The van der Waals surface area contributed by atoms with Gasteiger partial charge in [0.25, 0.3) is 0 Å². The molecule has 2 atom stereocenters. The Bertz CT molecular complexity index is 1270. The molecular weight excluding hydrogens is 440 g/mol. The van der Waals surface area contributed by atoms with Crippen LogP contribution in [-0.4, -0.2) is 61.3 Å². The molecule has 1 aliphatic heterocycles. The number of fused-ring (bicyclic) bond motifs is 1. The van der Waals surface area contributed by atoms with Gasteiger partial charge >= 0.3 is 6.09 Å². The molecule has 0 N–H and O–H groups in total. The number of hydrogen-bond donors (Lipinski definition) is 0. The molecule has 1 amide bonds. The molecular formula is C27H34N6O2. The van der Waals surface area contributed by atoms with Gasteiger partial charge in [-0.2, -0.15) is 0 Å². The lowest BCUT2D eigenvalue weighted by Crippen LogP contribution is -2.59. The van der Waals surface area contributed by atoms with Crippen molar-refractivity contribution in [3.63, 3.8) is 0 Å². The van der Waals surface area contributed by atoms with Crippen molar-refractivity contribution >= 4 is 29.0 Å². The Balaban J connectivity index is 1.53. The quantitative estimate of drug-likeness (QED) is 0.519. The molecule has 3 aromatic rings. The summed E-state index contributed by atoms with van der Waals surface area (Å²) in [5, 5.41) is 1.09. The molecule has 0 aromatic carbocycles. The van der Waals surface area contributed by atoms with Crippen molar-refractivity contribution < 1.29 is 9.53 Å². The van der Waals surface area contributed by atoms with Gasteiger partial charge in [-0.05, 0) is 76.6 Å². The summed E-state index contributed by atoms with van der Waals surface area (Å²) in [5.41, 5.74) is 2.63. The number of ether oxygens (including phenoxy) is 1. The Morgan fingerprint density at radius 3 is 2.60 bits per heavy atom. The zero-order valence-electron chi connectivity index (χ0n) is 21.2. The SMILES string of the molecule is C=Cc1ccnc(-n2cc(C3CC3)c3c(N4CC(C)N(C(=O)OC(C)(C)C)CC4C)ncnc32)c1. The van der Waals surface area contributed by atoms with Gasteiger partial charge in [-0.15, -0.1) is 0 Å². The molecule has 0 spiro atoms. The Hall–Kier alpha value is -3.42. The fourth-order valence-electron chi connectivity index (χ4n) is 4.86. The minimum absolute atomic E-state index is 0.0107. The summed E-state index contributed by atoms with van der Waals surface area (Å²) >= 11 is 0. The van der Waals surface area contributed by atoms with Gasteiger partial charge in [0.05, 0.1) is 5.39 Å². The van der Waals surface area contributed by atoms with Crippen molar-refractivity contribution in [3.8, 4) is 5.82 Å². The molecule has 1 saturated carbocycles. The number of carbonyl (C=O) groups excluding carboxylic acids is 1. The van der Waals surface area contributed by atoms with Crippen LogP contribution < -0.4 is 4.90 Å². The summed E-state index contributed by atoms with van der Waals surface area (Å²) in [7, 11) is 0. The summed E-state index contributed by atoms with van der Waals surface area (Å²) in [4.78, 5) is 31.1. The van der Waals surface area contributed by atoms with Gasteiger partial charge in [0.2, 0.25) is 0 Å². The van der Waals surface area contributed by atoms with E-state index in [2.05, 4.69) is 41.1 Å². The average molecular weight is 475 g/mol. The molecule has 5 rings (SSSR count). The number of amides is 1. The van der Waals surface area contributed by atoms with Crippen molar-refractivity contribution in [1.29, 1.82) is 0 Å². The number of pyridine rings is 1. The summed E-state index contributed by atoms with van der Waals surface area (Å²) in [6, 6.07) is 4.03. The van der Waals surface area contributed by atoms with Crippen molar-refractivity contribution in [2.24, 2.45) is 0 Å². The molecule has 8 heteroatoms. The highest BCUT2D eigenvalue weighted by atomic mass is 16.6. The zero-order chi connectivity index (χ0) is 24.9. The molecule has 2 unspecified atom stereocenters. The number of hydrogen-bond acceptors (Lipinski definition) is 6. The van der Waals surface area contributed by atoms with Gasteiger partial charge < -0.3 is 14.5 Å². The van der Waals surface area contributed by atoms with E-state index in [9.17, 15) is 4.79 Å². The lowest BCUT2D eigenvalue weighted by Gasteiger charge is -2.44. The summed E-state index contributed by atoms with van der Waals surface area (Å²) in [5.74, 6) is 2.26. The van der Waals surface area contributed by atoms with E-state index in [-0.39, 0.29) is 18.2 Å². The Morgan fingerprint density at radius 2 is 1.91 bits per heavy atom. The molecule has 1 aliphatic carbocycles. The molecule has 8 nitrogen and oxygen atoms in total. The first-order valence-corrected chi connectivity index (χ1v) is 12.4. The van der Waals surface area contributed by atoms with Crippen LogP contribution in [0.5, 0.6) is 0 Å². The third kappa shape index (κ3) is 4.49. The molecule has 35 heavy (non-hydrogen) atoms. The van der Waals surface area contributed by atoms with E-state index < -0.39 is 5.60 Å². The van der Waals surface area contributed by atoms with Crippen molar-refractivity contribution in [2.45, 2.75) is 71.1 Å². The highest BCUT2D eigenvalue weighted by Gasteiger charge is 2.37. The predicted octanol–water partition coefficient (Wildman–Crippen LogP) is 5.17. The van der Waals surface area contributed by atoms with Gasteiger partial charge in [-0.25, -0.2) is 19.7 Å². The van der Waals surface area contributed by atoms with Crippen LogP contribution in [0.4, 0.5) is 10.6 Å². The van der Waals surface area contributed by atoms with Crippen LogP contribution in [0.2, 0.25) is 0 Å². The highest BCUT2D eigenvalue weighted by molar-refractivity contribution is 5.93. The van der Waals surface area contributed by atoms with E-state index in [1.54, 1.807) is 12.5 Å². The van der Waals surface area contributed by atoms with Gasteiger partial charge in [-0.1, -0.05) is 12.7 Å². The Morgan fingerprint density at radius 1 is 1.14 bits per heavy atom. The second kappa shape index (κ2) is 8.66. The van der Waals surface area contributed by atoms with Gasteiger partial charge in [0.1, 0.15) is 23.6 Å². The lowest BCUT2D eigenvalue weighted by atomic mass is 10.1. The van der Waals surface area contributed by atoms with Crippen LogP contribution in [0.1, 0.15) is 64.5 Å². The average Bonchev–Trinajstić information content (AvgIpc) is 3.58. The second-order valence-electron chi connectivity index (χ2n) is 10.8. The minimum Gasteiger partial charge on any atom is -0.444 e. The predicted molar refractivity (Wildman–Crippen MR) is 138 cm³/mol. The summed E-state index contributed by atoms with van der Waals surface area (Å²) in [6.07, 6.45) is 9.53. The molecule has 1 saturated heterocycles. The van der Waals surface area contributed by atoms with E-state index in [0.29, 0.717) is 19.0 Å². The first-order chi connectivity index (χ1) is 16.7. The maximum absolute atomic E-state index is 12.8. The smallest absolute Gasteiger partial charge is 0.410 e. The summed E-state index contributed by atoms with van der Waals surface area (Å²) in [6.45, 7) is 15.0. The number of piperazine rings is 1.